The maximum Gasteiger partial charge on any atom is 0.339 e. The molecule has 8 heteroatoms. The highest BCUT2D eigenvalue weighted by molar-refractivity contribution is 6.33. The summed E-state index contributed by atoms with van der Waals surface area (Å²) in [5.41, 5.74) is 2.75. The Morgan fingerprint density at radius 1 is 1.11 bits per heavy atom. The number of aromatic amines is 2. The number of furan rings is 1. The summed E-state index contributed by atoms with van der Waals surface area (Å²) < 4.78 is 10.5. The van der Waals surface area contributed by atoms with Gasteiger partial charge in [-0.25, -0.2) is 9.59 Å². The zero-order chi connectivity index (χ0) is 19.7. The number of aromatic nitrogens is 2. The lowest BCUT2D eigenvalue weighted by Gasteiger charge is -2.04. The molecule has 4 aromatic rings. The van der Waals surface area contributed by atoms with E-state index in [9.17, 15) is 9.59 Å². The van der Waals surface area contributed by atoms with Crippen molar-refractivity contribution in [1.29, 1.82) is 0 Å². The van der Waals surface area contributed by atoms with Gasteiger partial charge in [0.2, 0.25) is 0 Å². The standard InChI is InChI=1S/C20H14ClN3O4/c1-27-19(25)14-8-11(2-5-15(14)21)18-7-4-13(28-18)10-22-12-3-6-16-17(9-12)24-20(26)23-16/h2-10H,1H3,(H2,23,24,26). The largest absolute Gasteiger partial charge is 0.465 e. The predicted molar refractivity (Wildman–Crippen MR) is 107 cm³/mol. The molecule has 0 aliphatic heterocycles. The van der Waals surface area contributed by atoms with E-state index in [0.29, 0.717) is 38.8 Å². The fraction of sp³-hybridized carbons (Fsp3) is 0.0500. The van der Waals surface area contributed by atoms with Crippen molar-refractivity contribution in [3.63, 3.8) is 0 Å². The van der Waals surface area contributed by atoms with Crippen molar-refractivity contribution in [2.75, 3.05) is 7.11 Å². The average Bonchev–Trinajstić information content (AvgIpc) is 3.31. The van der Waals surface area contributed by atoms with E-state index >= 15 is 0 Å². The number of halogens is 1. The first-order valence-electron chi connectivity index (χ1n) is 8.28. The van der Waals surface area contributed by atoms with E-state index in [2.05, 4.69) is 15.0 Å². The van der Waals surface area contributed by atoms with Crippen LogP contribution < -0.4 is 5.69 Å². The van der Waals surface area contributed by atoms with E-state index in [4.69, 9.17) is 20.8 Å². The number of methoxy groups -OCH3 is 1. The highest BCUT2D eigenvalue weighted by Gasteiger charge is 2.13. The van der Waals surface area contributed by atoms with Crippen LogP contribution in [0.25, 0.3) is 22.4 Å². The molecule has 0 saturated carbocycles. The molecule has 140 valence electrons. The van der Waals surface area contributed by atoms with Gasteiger partial charge < -0.3 is 19.1 Å². The molecule has 2 heterocycles. The molecule has 0 saturated heterocycles. The summed E-state index contributed by atoms with van der Waals surface area (Å²) in [5, 5.41) is 0.308. The van der Waals surface area contributed by atoms with Crippen LogP contribution in [-0.2, 0) is 4.74 Å². The normalized spacial score (nSPS) is 11.4. The molecular formula is C20H14ClN3O4. The number of H-pyrrole nitrogens is 2. The van der Waals surface area contributed by atoms with Crippen LogP contribution in [0.15, 0.2) is 62.7 Å². The van der Waals surface area contributed by atoms with Crippen LogP contribution in [-0.4, -0.2) is 29.3 Å². The van der Waals surface area contributed by atoms with E-state index in [1.165, 1.54) is 7.11 Å². The molecule has 2 N–H and O–H groups in total. The Morgan fingerprint density at radius 3 is 2.75 bits per heavy atom. The van der Waals surface area contributed by atoms with Crippen molar-refractivity contribution in [3.05, 3.63) is 75.4 Å². The smallest absolute Gasteiger partial charge is 0.339 e. The van der Waals surface area contributed by atoms with Crippen molar-refractivity contribution in [2.24, 2.45) is 4.99 Å². The number of hydrogen-bond acceptors (Lipinski definition) is 5. The summed E-state index contributed by atoms with van der Waals surface area (Å²) in [7, 11) is 1.30. The molecule has 0 radical (unpaired) electrons. The molecule has 2 aromatic carbocycles. The van der Waals surface area contributed by atoms with Crippen molar-refractivity contribution >= 4 is 40.5 Å². The molecule has 7 nitrogen and oxygen atoms in total. The Kier molecular flexibility index (Phi) is 4.58. The molecule has 0 atom stereocenters. The lowest BCUT2D eigenvalue weighted by molar-refractivity contribution is 0.0601. The summed E-state index contributed by atoms with van der Waals surface area (Å²) in [4.78, 5) is 32.8. The Hall–Kier alpha value is -3.58. The van der Waals surface area contributed by atoms with Gasteiger partial charge in [-0.15, -0.1) is 0 Å². The number of carbonyl (C=O) groups excluding carboxylic acids is 1. The third-order valence-corrected chi connectivity index (χ3v) is 4.45. The highest BCUT2D eigenvalue weighted by Crippen LogP contribution is 2.27. The second-order valence-electron chi connectivity index (χ2n) is 5.96. The summed E-state index contributed by atoms with van der Waals surface area (Å²) in [6.45, 7) is 0. The zero-order valence-electron chi connectivity index (χ0n) is 14.7. The number of imidazole rings is 1. The second kappa shape index (κ2) is 7.21. The lowest BCUT2D eigenvalue weighted by Crippen LogP contribution is -2.02. The maximum atomic E-state index is 11.8. The van der Waals surface area contributed by atoms with Crippen LogP contribution in [0.4, 0.5) is 5.69 Å². The number of esters is 1. The number of fused-ring (bicyclic) bond motifs is 1. The molecule has 4 rings (SSSR count). The van der Waals surface area contributed by atoms with Crippen LogP contribution in [0.5, 0.6) is 0 Å². The van der Waals surface area contributed by atoms with E-state index in [0.717, 1.165) is 0 Å². The van der Waals surface area contributed by atoms with Gasteiger partial charge in [-0.05, 0) is 48.5 Å². The number of nitrogens with one attached hydrogen (secondary N) is 2. The monoisotopic (exact) mass is 395 g/mol. The molecule has 0 unspecified atom stereocenters. The summed E-state index contributed by atoms with van der Waals surface area (Å²) in [5.74, 6) is 0.583. The highest BCUT2D eigenvalue weighted by atomic mass is 35.5. The first kappa shape index (κ1) is 17.8. The van der Waals surface area contributed by atoms with Gasteiger partial charge in [-0.1, -0.05) is 11.6 Å². The summed E-state index contributed by atoms with van der Waals surface area (Å²) in [6, 6.07) is 13.8. The van der Waals surface area contributed by atoms with Crippen molar-refractivity contribution < 1.29 is 13.9 Å². The van der Waals surface area contributed by atoms with E-state index < -0.39 is 5.97 Å². The molecule has 0 spiro atoms. The zero-order valence-corrected chi connectivity index (χ0v) is 15.4. The van der Waals surface area contributed by atoms with Crippen LogP contribution in [0.1, 0.15) is 16.1 Å². The van der Waals surface area contributed by atoms with Gasteiger partial charge in [-0.3, -0.25) is 4.99 Å². The van der Waals surface area contributed by atoms with E-state index in [1.54, 1.807) is 54.7 Å². The third-order valence-electron chi connectivity index (χ3n) is 4.12. The van der Waals surface area contributed by atoms with E-state index in [-0.39, 0.29) is 11.3 Å². The van der Waals surface area contributed by atoms with Crippen LogP contribution in [0, 0.1) is 0 Å². The molecule has 0 amide bonds. The summed E-state index contributed by atoms with van der Waals surface area (Å²) >= 11 is 6.05. The van der Waals surface area contributed by atoms with Gasteiger partial charge in [0.15, 0.2) is 0 Å². The number of hydrogen-bond donors (Lipinski definition) is 2. The number of aliphatic imine (C=N–C) groups is 1. The van der Waals surface area contributed by atoms with Gasteiger partial charge in [-0.2, -0.15) is 0 Å². The van der Waals surface area contributed by atoms with Crippen molar-refractivity contribution in [1.82, 2.24) is 9.97 Å². The predicted octanol–water partition coefficient (Wildman–Crippen LogP) is 4.31. The topological polar surface area (TPSA) is 100 Å². The number of ether oxygens (including phenoxy) is 1. The Bertz CT molecular complexity index is 1270. The number of carbonyl (C=O) groups is 1. The van der Waals surface area contributed by atoms with Gasteiger partial charge in [0, 0.05) is 5.56 Å². The SMILES string of the molecule is COC(=O)c1cc(-c2ccc(C=Nc3ccc4[nH]c(=O)[nH]c4c3)o2)ccc1Cl. The minimum absolute atomic E-state index is 0.263. The molecule has 0 bridgehead atoms. The first-order chi connectivity index (χ1) is 13.5. The molecular weight excluding hydrogens is 382 g/mol. The van der Waals surface area contributed by atoms with Gasteiger partial charge in [0.05, 0.1) is 40.6 Å². The van der Waals surface area contributed by atoms with Gasteiger partial charge >= 0.3 is 11.7 Å². The van der Waals surface area contributed by atoms with Crippen LogP contribution in [0.3, 0.4) is 0 Å². The maximum absolute atomic E-state index is 11.8. The van der Waals surface area contributed by atoms with Crippen LogP contribution >= 0.6 is 11.6 Å². The molecule has 0 aliphatic carbocycles. The second-order valence-corrected chi connectivity index (χ2v) is 6.36. The lowest BCUT2D eigenvalue weighted by atomic mass is 10.1. The average molecular weight is 396 g/mol. The molecule has 2 aromatic heterocycles. The first-order valence-corrected chi connectivity index (χ1v) is 8.65. The van der Waals surface area contributed by atoms with Crippen molar-refractivity contribution in [2.45, 2.75) is 0 Å². The number of rotatable bonds is 4. The Balaban J connectivity index is 1.59. The van der Waals surface area contributed by atoms with Crippen LogP contribution in [0.2, 0.25) is 5.02 Å². The summed E-state index contributed by atoms with van der Waals surface area (Å²) in [6.07, 6.45) is 1.58. The fourth-order valence-electron chi connectivity index (χ4n) is 2.76. The van der Waals surface area contributed by atoms with Gasteiger partial charge in [0.25, 0.3) is 0 Å². The minimum atomic E-state index is -0.515. The quantitative estimate of drug-likeness (QED) is 0.397. The van der Waals surface area contributed by atoms with Crippen molar-refractivity contribution in [3.8, 4) is 11.3 Å². The fourth-order valence-corrected chi connectivity index (χ4v) is 2.96. The molecule has 0 fully saturated rings. The van der Waals surface area contributed by atoms with Gasteiger partial charge in [0.1, 0.15) is 11.5 Å². The minimum Gasteiger partial charge on any atom is -0.465 e. The Labute approximate surface area is 163 Å². The van der Waals surface area contributed by atoms with E-state index in [1.807, 2.05) is 0 Å². The Morgan fingerprint density at radius 2 is 1.93 bits per heavy atom. The third kappa shape index (κ3) is 3.47. The molecule has 0 aliphatic rings. The number of benzene rings is 2. The molecule has 28 heavy (non-hydrogen) atoms. The number of nitrogens with zero attached hydrogens (tertiary/aromatic N) is 1.